The third kappa shape index (κ3) is 3.42. The second kappa shape index (κ2) is 6.60. The molecule has 4 heterocycles. The number of hydrogen-bond donors (Lipinski definition) is 0. The van der Waals surface area contributed by atoms with Gasteiger partial charge in [0, 0.05) is 44.6 Å². The van der Waals surface area contributed by atoms with E-state index in [1.165, 1.54) is 45.2 Å². The maximum atomic E-state index is 12.7. The summed E-state index contributed by atoms with van der Waals surface area (Å²) in [6, 6.07) is 4.50. The molecule has 0 unspecified atom stereocenters. The lowest BCUT2D eigenvalue weighted by molar-refractivity contribution is -0.130. The lowest BCUT2D eigenvalue weighted by atomic mass is 9.83. The van der Waals surface area contributed by atoms with Crippen molar-refractivity contribution in [3.8, 4) is 0 Å². The lowest BCUT2D eigenvalue weighted by Gasteiger charge is -2.40. The normalized spacial score (nSPS) is 28.4. The Morgan fingerprint density at radius 2 is 1.91 bits per heavy atom. The third-order valence-corrected chi connectivity index (χ3v) is 6.00. The molecule has 124 valence electrons. The topological polar surface area (TPSA) is 36.4 Å². The van der Waals surface area contributed by atoms with Gasteiger partial charge < -0.3 is 4.90 Å². The van der Waals surface area contributed by atoms with Gasteiger partial charge in [0.2, 0.25) is 5.91 Å². The molecule has 23 heavy (non-hydrogen) atoms. The van der Waals surface area contributed by atoms with Crippen LogP contribution in [-0.4, -0.2) is 52.9 Å². The van der Waals surface area contributed by atoms with E-state index in [2.05, 4.69) is 14.8 Å². The van der Waals surface area contributed by atoms with Gasteiger partial charge in [0.1, 0.15) is 0 Å². The number of carbonyl (C=O) groups excluding carboxylic acids is 1. The molecule has 0 radical (unpaired) electrons. The largest absolute Gasteiger partial charge is 0.341 e. The SMILES string of the molecule is O=C(Cc1ccncc1)N1C[C@@H]2CC[C@H](C1)N(CC1CCC1)C2. The number of piperidine rings is 1. The van der Waals surface area contributed by atoms with Crippen LogP contribution in [0.2, 0.25) is 0 Å². The van der Waals surface area contributed by atoms with Crippen LogP contribution in [0.4, 0.5) is 0 Å². The highest BCUT2D eigenvalue weighted by molar-refractivity contribution is 5.78. The van der Waals surface area contributed by atoms with Gasteiger partial charge in [-0.25, -0.2) is 0 Å². The minimum Gasteiger partial charge on any atom is -0.341 e. The fourth-order valence-corrected chi connectivity index (χ4v) is 4.40. The molecular weight excluding hydrogens is 286 g/mol. The number of amides is 1. The molecule has 5 rings (SSSR count). The number of nitrogens with zero attached hydrogens (tertiary/aromatic N) is 3. The number of rotatable bonds is 4. The average Bonchev–Trinajstić information content (AvgIpc) is 2.84. The maximum absolute atomic E-state index is 12.7. The predicted octanol–water partition coefficient (Wildman–Crippen LogP) is 2.35. The van der Waals surface area contributed by atoms with Crippen LogP contribution in [0.3, 0.4) is 0 Å². The summed E-state index contributed by atoms with van der Waals surface area (Å²) < 4.78 is 0. The summed E-state index contributed by atoms with van der Waals surface area (Å²) in [7, 11) is 0. The highest BCUT2D eigenvalue weighted by Crippen LogP contribution is 2.33. The lowest BCUT2D eigenvalue weighted by Crippen LogP contribution is -2.47. The first kappa shape index (κ1) is 15.1. The molecule has 1 aromatic rings. The van der Waals surface area contributed by atoms with Crippen molar-refractivity contribution < 1.29 is 4.79 Å². The van der Waals surface area contributed by atoms with Crippen LogP contribution in [0.25, 0.3) is 0 Å². The number of pyridine rings is 1. The van der Waals surface area contributed by atoms with Crippen molar-refractivity contribution in [2.24, 2.45) is 11.8 Å². The van der Waals surface area contributed by atoms with E-state index in [1.54, 1.807) is 12.4 Å². The standard InChI is InChI=1S/C19H27N3O/c23-19(10-15-6-8-20-9-7-15)22-13-17-4-5-18(14-22)21(12-17)11-16-2-1-3-16/h6-9,16-18H,1-5,10-14H2/t17-,18-/m1/s1. The Morgan fingerprint density at radius 3 is 2.65 bits per heavy atom. The molecule has 2 bridgehead atoms. The van der Waals surface area contributed by atoms with Crippen LogP contribution in [0.15, 0.2) is 24.5 Å². The summed E-state index contributed by atoms with van der Waals surface area (Å²) in [6.45, 7) is 4.38. The van der Waals surface area contributed by atoms with E-state index in [4.69, 9.17) is 0 Å². The summed E-state index contributed by atoms with van der Waals surface area (Å²) in [5, 5.41) is 0. The Labute approximate surface area is 138 Å². The van der Waals surface area contributed by atoms with E-state index in [0.717, 1.165) is 24.6 Å². The van der Waals surface area contributed by atoms with Gasteiger partial charge in [0.25, 0.3) is 0 Å². The van der Waals surface area contributed by atoms with Gasteiger partial charge in [-0.05, 0) is 55.2 Å². The fraction of sp³-hybridized carbons (Fsp3) is 0.684. The molecule has 0 spiro atoms. The first-order valence-electron chi connectivity index (χ1n) is 9.18. The third-order valence-electron chi connectivity index (χ3n) is 6.00. The number of carbonyl (C=O) groups is 1. The molecule has 0 aromatic carbocycles. The van der Waals surface area contributed by atoms with Gasteiger partial charge in [-0.3, -0.25) is 14.7 Å². The highest BCUT2D eigenvalue weighted by Gasteiger charge is 2.37. The van der Waals surface area contributed by atoms with Crippen molar-refractivity contribution in [2.45, 2.75) is 44.6 Å². The van der Waals surface area contributed by atoms with E-state index in [-0.39, 0.29) is 0 Å². The van der Waals surface area contributed by atoms with Gasteiger partial charge >= 0.3 is 0 Å². The average molecular weight is 313 g/mol. The fourth-order valence-electron chi connectivity index (χ4n) is 4.40. The molecule has 4 heteroatoms. The van der Waals surface area contributed by atoms with Crippen LogP contribution in [0.1, 0.15) is 37.7 Å². The number of hydrogen-bond acceptors (Lipinski definition) is 3. The minimum atomic E-state index is 0.290. The molecule has 1 amide bonds. The zero-order chi connectivity index (χ0) is 15.6. The molecular formula is C19H27N3O. The summed E-state index contributed by atoms with van der Waals surface area (Å²) in [5.74, 6) is 1.89. The zero-order valence-corrected chi connectivity index (χ0v) is 13.9. The maximum Gasteiger partial charge on any atom is 0.227 e. The van der Waals surface area contributed by atoms with Crippen molar-refractivity contribution >= 4 is 5.91 Å². The Balaban J connectivity index is 1.39. The van der Waals surface area contributed by atoms with Crippen LogP contribution < -0.4 is 0 Å². The molecule has 1 aromatic heterocycles. The summed E-state index contributed by atoms with van der Waals surface area (Å²) in [5.41, 5.74) is 1.08. The van der Waals surface area contributed by atoms with Gasteiger partial charge in [-0.1, -0.05) is 6.42 Å². The smallest absolute Gasteiger partial charge is 0.227 e. The van der Waals surface area contributed by atoms with Crippen LogP contribution in [0, 0.1) is 11.8 Å². The molecule has 4 fully saturated rings. The van der Waals surface area contributed by atoms with Crippen molar-refractivity contribution in [3.05, 3.63) is 30.1 Å². The molecule has 3 saturated heterocycles. The molecule has 1 saturated carbocycles. The summed E-state index contributed by atoms with van der Waals surface area (Å²) in [4.78, 5) is 21.6. The van der Waals surface area contributed by atoms with Gasteiger partial charge in [-0.15, -0.1) is 0 Å². The quantitative estimate of drug-likeness (QED) is 0.856. The van der Waals surface area contributed by atoms with Gasteiger partial charge in [0.15, 0.2) is 0 Å². The molecule has 3 aliphatic heterocycles. The molecule has 1 aliphatic carbocycles. The number of fused-ring (bicyclic) bond motifs is 4. The first-order chi connectivity index (χ1) is 11.3. The van der Waals surface area contributed by atoms with E-state index < -0.39 is 0 Å². The van der Waals surface area contributed by atoms with Crippen molar-refractivity contribution in [1.82, 2.24) is 14.8 Å². The van der Waals surface area contributed by atoms with Gasteiger partial charge in [0.05, 0.1) is 6.42 Å². The number of aromatic nitrogens is 1. The second-order valence-corrected chi connectivity index (χ2v) is 7.68. The molecule has 0 N–H and O–H groups in total. The summed E-state index contributed by atoms with van der Waals surface area (Å²) >= 11 is 0. The highest BCUT2D eigenvalue weighted by atomic mass is 16.2. The van der Waals surface area contributed by atoms with Crippen LogP contribution >= 0.6 is 0 Å². The molecule has 2 atom stereocenters. The predicted molar refractivity (Wildman–Crippen MR) is 89.9 cm³/mol. The summed E-state index contributed by atoms with van der Waals surface area (Å²) in [6.07, 6.45) is 10.9. The monoisotopic (exact) mass is 313 g/mol. The van der Waals surface area contributed by atoms with Crippen molar-refractivity contribution in [1.29, 1.82) is 0 Å². The second-order valence-electron chi connectivity index (χ2n) is 7.68. The van der Waals surface area contributed by atoms with Crippen molar-refractivity contribution in [3.63, 3.8) is 0 Å². The first-order valence-corrected chi connectivity index (χ1v) is 9.18. The zero-order valence-electron chi connectivity index (χ0n) is 13.9. The Kier molecular flexibility index (Phi) is 4.34. The molecule has 4 nitrogen and oxygen atoms in total. The Bertz CT molecular complexity index is 543. The molecule has 4 aliphatic rings. The van der Waals surface area contributed by atoms with Crippen LogP contribution in [0.5, 0.6) is 0 Å². The minimum absolute atomic E-state index is 0.290. The van der Waals surface area contributed by atoms with E-state index >= 15 is 0 Å². The van der Waals surface area contributed by atoms with E-state index in [1.807, 2.05) is 12.1 Å². The van der Waals surface area contributed by atoms with Crippen molar-refractivity contribution in [2.75, 3.05) is 26.2 Å². The van der Waals surface area contributed by atoms with E-state index in [9.17, 15) is 4.79 Å². The Morgan fingerprint density at radius 1 is 1.09 bits per heavy atom. The van der Waals surface area contributed by atoms with Crippen LogP contribution in [-0.2, 0) is 11.2 Å². The van der Waals surface area contributed by atoms with E-state index in [0.29, 0.717) is 24.3 Å². The Hall–Kier alpha value is -1.42. The van der Waals surface area contributed by atoms with Gasteiger partial charge in [-0.2, -0.15) is 0 Å².